The molecule has 0 aromatic carbocycles. The molecule has 0 unspecified atom stereocenters. The van der Waals surface area contributed by atoms with Gasteiger partial charge in [0.2, 0.25) is 5.91 Å². The lowest BCUT2D eigenvalue weighted by molar-refractivity contribution is -0.123. The van der Waals surface area contributed by atoms with Gasteiger partial charge < -0.3 is 15.5 Å². The molecule has 0 atom stereocenters. The smallest absolute Gasteiger partial charge is 0.234 e. The maximum atomic E-state index is 11.0. The van der Waals surface area contributed by atoms with Crippen molar-refractivity contribution in [1.82, 2.24) is 15.5 Å². The highest BCUT2D eigenvalue weighted by Crippen LogP contribution is 2.21. The maximum Gasteiger partial charge on any atom is 0.234 e. The Kier molecular flexibility index (Phi) is 2.26. The quantitative estimate of drug-likeness (QED) is 0.515. The molecule has 2 aliphatic heterocycles. The Morgan fingerprint density at radius 1 is 1.38 bits per heavy atom. The second-order valence-corrected chi connectivity index (χ2v) is 4.21. The van der Waals surface area contributed by atoms with Gasteiger partial charge in [0.25, 0.3) is 0 Å². The highest BCUT2D eigenvalue weighted by molar-refractivity contribution is 5.79. The monoisotopic (exact) mass is 183 g/mol. The molecule has 0 aliphatic carbocycles. The van der Waals surface area contributed by atoms with E-state index in [1.54, 1.807) is 0 Å². The molecule has 2 aliphatic rings. The Morgan fingerprint density at radius 2 is 2.08 bits per heavy atom. The Balaban J connectivity index is 1.94. The predicted molar refractivity (Wildman–Crippen MR) is 50.5 cm³/mol. The van der Waals surface area contributed by atoms with E-state index in [0.29, 0.717) is 6.54 Å². The van der Waals surface area contributed by atoms with Gasteiger partial charge in [0.15, 0.2) is 0 Å². The number of nitrogens with zero attached hydrogens (tertiary/aromatic N) is 1. The van der Waals surface area contributed by atoms with Crippen molar-refractivity contribution >= 4 is 5.91 Å². The number of hydrogen-bond acceptors (Lipinski definition) is 3. The second kappa shape index (κ2) is 3.27. The van der Waals surface area contributed by atoms with Crippen LogP contribution >= 0.6 is 0 Å². The zero-order valence-electron chi connectivity index (χ0n) is 8.10. The van der Waals surface area contributed by atoms with E-state index in [1.807, 2.05) is 0 Å². The van der Waals surface area contributed by atoms with Crippen LogP contribution in [0.5, 0.6) is 0 Å². The Morgan fingerprint density at radius 3 is 2.62 bits per heavy atom. The summed E-state index contributed by atoms with van der Waals surface area (Å²) < 4.78 is 0. The summed E-state index contributed by atoms with van der Waals surface area (Å²) in [6.45, 7) is 3.55. The molecule has 1 spiro atoms. The van der Waals surface area contributed by atoms with Crippen LogP contribution in [-0.2, 0) is 4.79 Å². The van der Waals surface area contributed by atoms with Crippen molar-refractivity contribution in [2.75, 3.05) is 33.2 Å². The average Bonchev–Trinajstić information content (AvgIpc) is 2.16. The standard InChI is InChI=1S/C9H17N3O/c1-12-4-2-9(3-5-12)7-10-8(13)6-11-9/h11H,2-7H2,1H3,(H,10,13). The first kappa shape index (κ1) is 8.97. The van der Waals surface area contributed by atoms with Crippen LogP contribution in [0.25, 0.3) is 0 Å². The van der Waals surface area contributed by atoms with Gasteiger partial charge in [-0.05, 0) is 33.0 Å². The van der Waals surface area contributed by atoms with Crippen molar-refractivity contribution in [2.45, 2.75) is 18.4 Å². The van der Waals surface area contributed by atoms with Crippen molar-refractivity contribution in [2.24, 2.45) is 0 Å². The zero-order valence-corrected chi connectivity index (χ0v) is 8.10. The van der Waals surface area contributed by atoms with E-state index in [1.165, 1.54) is 0 Å². The number of carbonyl (C=O) groups is 1. The first-order chi connectivity index (χ1) is 6.20. The topological polar surface area (TPSA) is 44.4 Å². The largest absolute Gasteiger partial charge is 0.353 e. The lowest BCUT2D eigenvalue weighted by Gasteiger charge is -2.43. The fourth-order valence-electron chi connectivity index (χ4n) is 2.06. The van der Waals surface area contributed by atoms with E-state index in [4.69, 9.17) is 0 Å². The summed E-state index contributed by atoms with van der Waals surface area (Å²) in [4.78, 5) is 13.3. The van der Waals surface area contributed by atoms with Crippen molar-refractivity contribution in [3.8, 4) is 0 Å². The summed E-state index contributed by atoms with van der Waals surface area (Å²) in [5.74, 6) is 0.129. The van der Waals surface area contributed by atoms with E-state index in [0.717, 1.165) is 32.5 Å². The molecule has 0 radical (unpaired) electrons. The molecule has 2 rings (SSSR count). The molecule has 4 heteroatoms. The normalized spacial score (nSPS) is 28.8. The molecule has 1 amide bonds. The van der Waals surface area contributed by atoms with Gasteiger partial charge in [0.05, 0.1) is 6.54 Å². The summed E-state index contributed by atoms with van der Waals surface area (Å²) in [5, 5.41) is 6.30. The summed E-state index contributed by atoms with van der Waals surface area (Å²) in [5.41, 5.74) is 0.195. The molecule has 2 heterocycles. The first-order valence-corrected chi connectivity index (χ1v) is 4.91. The van der Waals surface area contributed by atoms with Gasteiger partial charge in [-0.3, -0.25) is 4.79 Å². The van der Waals surface area contributed by atoms with E-state index in [-0.39, 0.29) is 11.4 Å². The molecule has 13 heavy (non-hydrogen) atoms. The van der Waals surface area contributed by atoms with Crippen LogP contribution < -0.4 is 10.6 Å². The van der Waals surface area contributed by atoms with Gasteiger partial charge in [-0.15, -0.1) is 0 Å². The number of rotatable bonds is 0. The third-order valence-corrected chi connectivity index (χ3v) is 3.19. The Bertz CT molecular complexity index is 197. The molecule has 0 bridgehead atoms. The molecule has 0 aromatic heterocycles. The molecule has 2 saturated heterocycles. The molecular formula is C9H17N3O. The second-order valence-electron chi connectivity index (χ2n) is 4.21. The van der Waals surface area contributed by atoms with E-state index in [9.17, 15) is 4.79 Å². The minimum atomic E-state index is 0.129. The number of hydrogen-bond donors (Lipinski definition) is 2. The predicted octanol–water partition coefficient (Wildman–Crippen LogP) is -0.830. The van der Waals surface area contributed by atoms with Crippen LogP contribution in [0.4, 0.5) is 0 Å². The van der Waals surface area contributed by atoms with Crippen LogP contribution in [0.3, 0.4) is 0 Å². The van der Waals surface area contributed by atoms with Gasteiger partial charge in [-0.1, -0.05) is 0 Å². The van der Waals surface area contributed by atoms with Crippen molar-refractivity contribution in [3.63, 3.8) is 0 Å². The fraction of sp³-hybridized carbons (Fsp3) is 0.889. The number of nitrogens with one attached hydrogen (secondary N) is 2. The van der Waals surface area contributed by atoms with Crippen LogP contribution in [0.15, 0.2) is 0 Å². The molecule has 4 nitrogen and oxygen atoms in total. The number of likely N-dealkylation sites (tertiary alicyclic amines) is 1. The summed E-state index contributed by atoms with van der Waals surface area (Å²) in [6.07, 6.45) is 2.29. The van der Waals surface area contributed by atoms with E-state index >= 15 is 0 Å². The summed E-state index contributed by atoms with van der Waals surface area (Å²) >= 11 is 0. The third kappa shape index (κ3) is 1.84. The van der Waals surface area contributed by atoms with Crippen LogP contribution in [0, 0.1) is 0 Å². The number of piperidine rings is 1. The minimum absolute atomic E-state index is 0.129. The highest BCUT2D eigenvalue weighted by Gasteiger charge is 2.36. The SMILES string of the molecule is CN1CCC2(CC1)CNC(=O)CN2. The van der Waals surface area contributed by atoms with Crippen LogP contribution in [0.2, 0.25) is 0 Å². The van der Waals surface area contributed by atoms with E-state index < -0.39 is 0 Å². The molecule has 74 valence electrons. The van der Waals surface area contributed by atoms with Gasteiger partial charge in [-0.25, -0.2) is 0 Å². The number of piperazine rings is 1. The van der Waals surface area contributed by atoms with Gasteiger partial charge in [0, 0.05) is 12.1 Å². The number of carbonyl (C=O) groups excluding carboxylic acids is 1. The van der Waals surface area contributed by atoms with Crippen molar-refractivity contribution in [1.29, 1.82) is 0 Å². The van der Waals surface area contributed by atoms with Gasteiger partial charge in [-0.2, -0.15) is 0 Å². The Labute approximate surface area is 78.7 Å². The summed E-state index contributed by atoms with van der Waals surface area (Å²) in [6, 6.07) is 0. The van der Waals surface area contributed by atoms with Crippen molar-refractivity contribution in [3.05, 3.63) is 0 Å². The molecule has 0 aromatic rings. The van der Waals surface area contributed by atoms with E-state index in [2.05, 4.69) is 22.6 Å². The maximum absolute atomic E-state index is 11.0. The minimum Gasteiger partial charge on any atom is -0.353 e. The first-order valence-electron chi connectivity index (χ1n) is 4.91. The molecule has 2 N–H and O–H groups in total. The van der Waals surface area contributed by atoms with Gasteiger partial charge in [0.1, 0.15) is 0 Å². The zero-order chi connectivity index (χ0) is 9.31. The average molecular weight is 183 g/mol. The van der Waals surface area contributed by atoms with Gasteiger partial charge >= 0.3 is 0 Å². The fourth-order valence-corrected chi connectivity index (χ4v) is 2.06. The summed E-state index contributed by atoms with van der Waals surface area (Å²) in [7, 11) is 2.15. The lowest BCUT2D eigenvalue weighted by atomic mass is 9.86. The molecule has 2 fully saturated rings. The molecular weight excluding hydrogens is 166 g/mol. The van der Waals surface area contributed by atoms with Crippen LogP contribution in [0.1, 0.15) is 12.8 Å². The van der Waals surface area contributed by atoms with Crippen LogP contribution in [-0.4, -0.2) is 49.6 Å². The number of amides is 1. The molecule has 0 saturated carbocycles. The van der Waals surface area contributed by atoms with Crippen molar-refractivity contribution < 1.29 is 4.79 Å². The Hall–Kier alpha value is -0.610. The lowest BCUT2D eigenvalue weighted by Crippen LogP contribution is -2.64. The third-order valence-electron chi connectivity index (χ3n) is 3.19. The highest BCUT2D eigenvalue weighted by atomic mass is 16.2.